The fraction of sp³-hybridized carbons (Fsp3) is 0.188. The molecule has 25 heavy (non-hydrogen) atoms. The summed E-state index contributed by atoms with van der Waals surface area (Å²) < 4.78 is 54.2. The Bertz CT molecular complexity index is 771. The second kappa shape index (κ2) is 8.45. The molecule has 0 spiro atoms. The third-order valence-electron chi connectivity index (χ3n) is 3.10. The molecule has 0 aliphatic carbocycles. The van der Waals surface area contributed by atoms with Gasteiger partial charge in [0.2, 0.25) is 0 Å². The number of aliphatic hydroxyl groups excluding tert-OH is 1. The highest BCUT2D eigenvalue weighted by atomic mass is 19.2. The SMILES string of the molecule is O=C(NOCCCO)c1ccc(F)c(F)c1Nc1ccc(F)cc1F. The van der Waals surface area contributed by atoms with E-state index in [1.165, 1.54) is 0 Å². The second-order valence-corrected chi connectivity index (χ2v) is 4.89. The molecule has 9 heteroatoms. The van der Waals surface area contributed by atoms with Crippen molar-refractivity contribution in [2.24, 2.45) is 0 Å². The number of anilines is 2. The summed E-state index contributed by atoms with van der Waals surface area (Å²) in [6.45, 7) is -0.154. The van der Waals surface area contributed by atoms with Crippen LogP contribution in [0.3, 0.4) is 0 Å². The Hall–Kier alpha value is -2.65. The highest BCUT2D eigenvalue weighted by Gasteiger charge is 2.20. The molecule has 2 rings (SSSR count). The summed E-state index contributed by atoms with van der Waals surface area (Å²) in [5.74, 6) is -5.48. The number of carbonyl (C=O) groups excluding carboxylic acids is 1. The van der Waals surface area contributed by atoms with Crippen LogP contribution in [0.4, 0.5) is 28.9 Å². The fourth-order valence-electron chi connectivity index (χ4n) is 1.90. The predicted molar refractivity (Wildman–Crippen MR) is 81.1 cm³/mol. The van der Waals surface area contributed by atoms with E-state index in [0.29, 0.717) is 6.07 Å². The zero-order chi connectivity index (χ0) is 18.4. The standard InChI is InChI=1S/C16H14F4N2O3/c17-9-2-5-13(12(19)8-9)21-15-10(3-4-11(18)14(15)20)16(24)22-25-7-1-6-23/h2-5,8,21,23H,1,6-7H2,(H,22,24). The molecule has 0 aliphatic rings. The molecular weight excluding hydrogens is 344 g/mol. The van der Waals surface area contributed by atoms with Crippen LogP contribution < -0.4 is 10.8 Å². The van der Waals surface area contributed by atoms with Gasteiger partial charge in [-0.15, -0.1) is 0 Å². The Morgan fingerprint density at radius 2 is 1.84 bits per heavy atom. The molecule has 0 unspecified atom stereocenters. The van der Waals surface area contributed by atoms with E-state index in [9.17, 15) is 22.4 Å². The summed E-state index contributed by atoms with van der Waals surface area (Å²) in [4.78, 5) is 16.8. The largest absolute Gasteiger partial charge is 0.396 e. The number of hydrogen-bond acceptors (Lipinski definition) is 4. The van der Waals surface area contributed by atoms with Crippen LogP contribution in [0.25, 0.3) is 0 Å². The fourth-order valence-corrected chi connectivity index (χ4v) is 1.90. The Labute approximate surface area is 140 Å². The van der Waals surface area contributed by atoms with E-state index in [-0.39, 0.29) is 30.9 Å². The molecule has 2 aromatic carbocycles. The number of aliphatic hydroxyl groups is 1. The van der Waals surface area contributed by atoms with Crippen LogP contribution in [0.2, 0.25) is 0 Å². The number of amides is 1. The lowest BCUT2D eigenvalue weighted by Crippen LogP contribution is -2.25. The minimum absolute atomic E-state index is 0.00126. The van der Waals surface area contributed by atoms with Crippen LogP contribution in [0, 0.1) is 23.3 Å². The summed E-state index contributed by atoms with van der Waals surface area (Å²) in [5, 5.41) is 10.9. The third kappa shape index (κ3) is 4.68. The quantitative estimate of drug-likeness (QED) is 0.404. The van der Waals surface area contributed by atoms with Gasteiger partial charge in [0.25, 0.3) is 5.91 Å². The first-order valence-corrected chi connectivity index (χ1v) is 7.17. The Morgan fingerprint density at radius 3 is 2.52 bits per heavy atom. The van der Waals surface area contributed by atoms with Crippen molar-refractivity contribution in [1.29, 1.82) is 0 Å². The van der Waals surface area contributed by atoms with Crippen molar-refractivity contribution < 1.29 is 32.3 Å². The number of carbonyl (C=O) groups is 1. The van der Waals surface area contributed by atoms with Crippen molar-refractivity contribution in [3.05, 3.63) is 59.2 Å². The van der Waals surface area contributed by atoms with Gasteiger partial charge in [0.05, 0.1) is 23.5 Å². The number of nitrogens with one attached hydrogen (secondary N) is 2. The normalized spacial score (nSPS) is 10.6. The molecule has 0 saturated heterocycles. The van der Waals surface area contributed by atoms with E-state index in [1.807, 2.05) is 5.48 Å². The van der Waals surface area contributed by atoms with Gasteiger partial charge >= 0.3 is 0 Å². The van der Waals surface area contributed by atoms with Gasteiger partial charge in [-0.25, -0.2) is 23.0 Å². The molecule has 0 bridgehead atoms. The Balaban J connectivity index is 2.29. The van der Waals surface area contributed by atoms with Crippen molar-refractivity contribution in [2.45, 2.75) is 6.42 Å². The number of hydroxylamine groups is 1. The second-order valence-electron chi connectivity index (χ2n) is 4.89. The van der Waals surface area contributed by atoms with Gasteiger partial charge in [0, 0.05) is 12.7 Å². The zero-order valence-electron chi connectivity index (χ0n) is 12.8. The maximum atomic E-state index is 14.1. The molecule has 0 fully saturated rings. The molecule has 0 aliphatic heterocycles. The lowest BCUT2D eigenvalue weighted by atomic mass is 10.1. The van der Waals surface area contributed by atoms with Crippen molar-refractivity contribution in [3.8, 4) is 0 Å². The van der Waals surface area contributed by atoms with Gasteiger partial charge < -0.3 is 10.4 Å². The smallest absolute Gasteiger partial charge is 0.277 e. The summed E-state index contributed by atoms with van der Waals surface area (Å²) in [7, 11) is 0. The molecule has 134 valence electrons. The van der Waals surface area contributed by atoms with Crippen molar-refractivity contribution in [3.63, 3.8) is 0 Å². The highest BCUT2D eigenvalue weighted by molar-refractivity contribution is 5.99. The molecular formula is C16H14F4N2O3. The zero-order valence-corrected chi connectivity index (χ0v) is 12.8. The van der Waals surface area contributed by atoms with Gasteiger partial charge in [-0.3, -0.25) is 9.63 Å². The Morgan fingerprint density at radius 1 is 1.08 bits per heavy atom. The number of rotatable bonds is 7. The lowest BCUT2D eigenvalue weighted by Gasteiger charge is -2.14. The lowest BCUT2D eigenvalue weighted by molar-refractivity contribution is 0.0262. The van der Waals surface area contributed by atoms with Crippen LogP contribution in [0.1, 0.15) is 16.8 Å². The predicted octanol–water partition coefficient (Wildman–Crippen LogP) is 3.03. The first kappa shape index (κ1) is 18.7. The van der Waals surface area contributed by atoms with E-state index in [0.717, 1.165) is 24.3 Å². The van der Waals surface area contributed by atoms with E-state index in [2.05, 4.69) is 5.32 Å². The monoisotopic (exact) mass is 358 g/mol. The average molecular weight is 358 g/mol. The number of benzene rings is 2. The molecule has 2 aromatic rings. The van der Waals surface area contributed by atoms with Crippen LogP contribution in [0.5, 0.6) is 0 Å². The van der Waals surface area contributed by atoms with Crippen LogP contribution in [0.15, 0.2) is 30.3 Å². The molecule has 0 heterocycles. The minimum atomic E-state index is -1.41. The average Bonchev–Trinajstić information content (AvgIpc) is 2.58. The molecule has 0 radical (unpaired) electrons. The van der Waals surface area contributed by atoms with Gasteiger partial charge in [-0.2, -0.15) is 0 Å². The first-order chi connectivity index (χ1) is 11.9. The summed E-state index contributed by atoms with van der Waals surface area (Å²) >= 11 is 0. The van der Waals surface area contributed by atoms with E-state index >= 15 is 0 Å². The highest BCUT2D eigenvalue weighted by Crippen LogP contribution is 2.28. The summed E-state index contributed by atoms with van der Waals surface area (Å²) in [6.07, 6.45) is 0.254. The maximum Gasteiger partial charge on any atom is 0.277 e. The van der Waals surface area contributed by atoms with Crippen LogP contribution >= 0.6 is 0 Å². The topological polar surface area (TPSA) is 70.6 Å². The summed E-state index contributed by atoms with van der Waals surface area (Å²) in [5.41, 5.74) is 0.666. The number of hydrogen-bond donors (Lipinski definition) is 3. The van der Waals surface area contributed by atoms with E-state index < -0.39 is 34.9 Å². The van der Waals surface area contributed by atoms with Crippen molar-refractivity contribution >= 4 is 17.3 Å². The molecule has 5 nitrogen and oxygen atoms in total. The molecule has 0 aromatic heterocycles. The maximum absolute atomic E-state index is 14.1. The van der Waals surface area contributed by atoms with Gasteiger partial charge in [-0.05, 0) is 30.7 Å². The Kier molecular flexibility index (Phi) is 6.31. The molecule has 0 atom stereocenters. The molecule has 0 saturated carbocycles. The van der Waals surface area contributed by atoms with E-state index in [1.54, 1.807) is 0 Å². The van der Waals surface area contributed by atoms with E-state index in [4.69, 9.17) is 9.94 Å². The summed E-state index contributed by atoms with van der Waals surface area (Å²) in [6, 6.07) is 4.16. The van der Waals surface area contributed by atoms with Gasteiger partial charge in [0.15, 0.2) is 11.6 Å². The van der Waals surface area contributed by atoms with Crippen molar-refractivity contribution in [2.75, 3.05) is 18.5 Å². The van der Waals surface area contributed by atoms with Gasteiger partial charge in [0.1, 0.15) is 11.6 Å². The minimum Gasteiger partial charge on any atom is -0.396 e. The molecule has 1 amide bonds. The van der Waals surface area contributed by atoms with Crippen molar-refractivity contribution in [1.82, 2.24) is 5.48 Å². The third-order valence-corrected chi connectivity index (χ3v) is 3.10. The molecule has 3 N–H and O–H groups in total. The van der Waals surface area contributed by atoms with Crippen LogP contribution in [-0.2, 0) is 4.84 Å². The van der Waals surface area contributed by atoms with Crippen LogP contribution in [-0.4, -0.2) is 24.2 Å². The van der Waals surface area contributed by atoms with Gasteiger partial charge in [-0.1, -0.05) is 0 Å². The number of halogens is 4. The first-order valence-electron chi connectivity index (χ1n) is 7.17.